The molecule has 0 spiro atoms. The highest BCUT2D eigenvalue weighted by Gasteiger charge is 2.22. The largest absolute Gasteiger partial charge is 0.514 e. The maximum atomic E-state index is 12.2. The number of hydrogen-bond donors (Lipinski definition) is 0. The van der Waals surface area contributed by atoms with Gasteiger partial charge in [0, 0.05) is 48.1 Å². The molecule has 1 heterocycles. The van der Waals surface area contributed by atoms with Gasteiger partial charge in [0.15, 0.2) is 11.3 Å². The van der Waals surface area contributed by atoms with Crippen LogP contribution in [0.25, 0.3) is 5.57 Å². The zero-order valence-electron chi connectivity index (χ0n) is 18.5. The van der Waals surface area contributed by atoms with Gasteiger partial charge in [-0.05, 0) is 44.2 Å². The van der Waals surface area contributed by atoms with Gasteiger partial charge in [-0.15, -0.1) is 0 Å². The Morgan fingerprint density at radius 2 is 1.79 bits per heavy atom. The Kier molecular flexibility index (Phi) is 7.47. The van der Waals surface area contributed by atoms with E-state index in [9.17, 15) is 25.4 Å². The van der Waals surface area contributed by atoms with Crippen LogP contribution in [-0.2, 0) is 4.74 Å². The molecule has 34 heavy (non-hydrogen) atoms. The molecule has 0 atom stereocenters. The van der Waals surface area contributed by atoms with Crippen LogP contribution in [0.3, 0.4) is 0 Å². The van der Waals surface area contributed by atoms with Gasteiger partial charge >= 0.3 is 6.16 Å². The molecule has 0 fully saturated rings. The number of rotatable bonds is 7. The highest BCUT2D eigenvalue weighted by molar-refractivity contribution is 5.79. The first kappa shape index (κ1) is 23.8. The number of allylic oxidation sites excluding steroid dienone is 2. The maximum Gasteiger partial charge on any atom is 0.514 e. The molecule has 0 saturated carbocycles. The van der Waals surface area contributed by atoms with Crippen LogP contribution in [0.2, 0.25) is 0 Å². The molecule has 2 aromatic rings. The van der Waals surface area contributed by atoms with Crippen molar-refractivity contribution in [3.63, 3.8) is 0 Å². The number of benzene rings is 2. The van der Waals surface area contributed by atoms with Crippen LogP contribution in [0, 0.1) is 32.8 Å². The van der Waals surface area contributed by atoms with Crippen LogP contribution in [0.4, 0.5) is 16.2 Å². The standard InChI is InChI=1S/C24H20N4O6/c1-3-27(4-2)19-7-10-21-16(11-22(17(13-25)14-26)34-23(21)12-19)15-32-24(29)33-20-8-5-18(6-9-20)28(30)31/h5-12H,3-4,15H2,1-2H3. The third-order valence-electron chi connectivity index (χ3n) is 5.03. The van der Waals surface area contributed by atoms with E-state index < -0.39 is 11.1 Å². The average Bonchev–Trinajstić information content (AvgIpc) is 2.84. The number of nitrogens with zero attached hydrogens (tertiary/aromatic N) is 4. The topological polar surface area (TPSA) is 139 Å². The monoisotopic (exact) mass is 460 g/mol. The second-order valence-corrected chi connectivity index (χ2v) is 6.98. The van der Waals surface area contributed by atoms with Crippen LogP contribution in [-0.4, -0.2) is 30.8 Å². The van der Waals surface area contributed by atoms with Crippen LogP contribution < -0.4 is 14.4 Å². The van der Waals surface area contributed by atoms with E-state index in [0.717, 1.165) is 18.8 Å². The Morgan fingerprint density at radius 1 is 1.12 bits per heavy atom. The molecule has 10 nitrogen and oxygen atoms in total. The number of carbonyl (C=O) groups excluding carboxylic acids is 1. The van der Waals surface area contributed by atoms with E-state index in [1.165, 1.54) is 30.3 Å². The van der Waals surface area contributed by atoms with Crippen molar-refractivity contribution >= 4 is 23.1 Å². The first-order chi connectivity index (χ1) is 16.4. The van der Waals surface area contributed by atoms with Gasteiger partial charge in [-0.2, -0.15) is 10.5 Å². The first-order valence-electron chi connectivity index (χ1n) is 10.3. The Morgan fingerprint density at radius 3 is 2.38 bits per heavy atom. The van der Waals surface area contributed by atoms with Crippen molar-refractivity contribution in [2.75, 3.05) is 24.6 Å². The van der Waals surface area contributed by atoms with E-state index in [4.69, 9.17) is 14.2 Å². The zero-order valence-corrected chi connectivity index (χ0v) is 18.5. The normalized spacial score (nSPS) is 11.6. The van der Waals surface area contributed by atoms with Crippen LogP contribution in [0.15, 0.2) is 59.9 Å². The summed E-state index contributed by atoms with van der Waals surface area (Å²) in [5.41, 5.74) is 1.69. The zero-order chi connectivity index (χ0) is 24.7. The summed E-state index contributed by atoms with van der Waals surface area (Å²) in [4.78, 5) is 24.5. The second-order valence-electron chi connectivity index (χ2n) is 6.98. The number of non-ortho nitro benzene ring substituents is 1. The maximum absolute atomic E-state index is 12.2. The van der Waals surface area contributed by atoms with Crippen molar-refractivity contribution in [3.05, 3.63) is 75.6 Å². The molecule has 0 unspecified atom stereocenters. The molecule has 0 aliphatic carbocycles. The number of carbonyl (C=O) groups is 1. The van der Waals surface area contributed by atoms with Gasteiger partial charge < -0.3 is 19.1 Å². The molecular weight excluding hydrogens is 440 g/mol. The molecule has 2 aromatic carbocycles. The summed E-state index contributed by atoms with van der Waals surface area (Å²) in [6, 6.07) is 14.1. The molecule has 3 rings (SSSR count). The van der Waals surface area contributed by atoms with Crippen molar-refractivity contribution < 1.29 is 23.9 Å². The highest BCUT2D eigenvalue weighted by atomic mass is 16.7. The second kappa shape index (κ2) is 10.7. The van der Waals surface area contributed by atoms with Gasteiger partial charge in [0.25, 0.3) is 5.69 Å². The lowest BCUT2D eigenvalue weighted by atomic mass is 10.0. The van der Waals surface area contributed by atoms with Gasteiger partial charge in [-0.3, -0.25) is 10.1 Å². The molecule has 0 saturated heterocycles. The summed E-state index contributed by atoms with van der Waals surface area (Å²) in [7, 11) is 0. The highest BCUT2D eigenvalue weighted by Crippen LogP contribution is 2.37. The molecule has 0 radical (unpaired) electrons. The summed E-state index contributed by atoms with van der Waals surface area (Å²) < 4.78 is 16.1. The van der Waals surface area contributed by atoms with E-state index in [2.05, 4.69) is 4.90 Å². The Hall–Kier alpha value is -4.83. The predicted molar refractivity (Wildman–Crippen MR) is 122 cm³/mol. The predicted octanol–water partition coefficient (Wildman–Crippen LogP) is 4.73. The molecule has 172 valence electrons. The minimum atomic E-state index is -1.02. The molecule has 0 N–H and O–H groups in total. The number of nitriles is 2. The van der Waals surface area contributed by atoms with Gasteiger partial charge in [-0.25, -0.2) is 4.79 Å². The fourth-order valence-electron chi connectivity index (χ4n) is 3.31. The van der Waals surface area contributed by atoms with E-state index in [1.807, 2.05) is 26.0 Å². The summed E-state index contributed by atoms with van der Waals surface area (Å²) in [5.74, 6) is 0.557. The smallest absolute Gasteiger partial charge is 0.454 e. The molecular formula is C24H20N4O6. The Labute approximate surface area is 195 Å². The van der Waals surface area contributed by atoms with Crippen molar-refractivity contribution in [2.24, 2.45) is 0 Å². The molecule has 1 aliphatic heterocycles. The lowest BCUT2D eigenvalue weighted by Gasteiger charge is -2.25. The van der Waals surface area contributed by atoms with Crippen molar-refractivity contribution in [1.82, 2.24) is 0 Å². The number of nitro benzene ring substituents is 1. The van der Waals surface area contributed by atoms with E-state index >= 15 is 0 Å². The number of nitro groups is 1. The van der Waals surface area contributed by atoms with E-state index in [1.54, 1.807) is 18.2 Å². The molecule has 0 bridgehead atoms. The van der Waals surface area contributed by atoms with Gasteiger partial charge in [0.2, 0.25) is 0 Å². The van der Waals surface area contributed by atoms with Crippen LogP contribution >= 0.6 is 0 Å². The minimum Gasteiger partial charge on any atom is -0.454 e. The van der Waals surface area contributed by atoms with E-state index in [0.29, 0.717) is 16.9 Å². The summed E-state index contributed by atoms with van der Waals surface area (Å²) >= 11 is 0. The van der Waals surface area contributed by atoms with Crippen molar-refractivity contribution in [2.45, 2.75) is 13.8 Å². The number of anilines is 1. The fourth-order valence-corrected chi connectivity index (χ4v) is 3.31. The van der Waals surface area contributed by atoms with Gasteiger partial charge in [0.05, 0.1) is 4.92 Å². The number of ether oxygens (including phenoxy) is 3. The Balaban J connectivity index is 1.83. The first-order valence-corrected chi connectivity index (χ1v) is 10.3. The summed E-state index contributed by atoms with van der Waals surface area (Å²) in [6.07, 6.45) is 0.453. The summed E-state index contributed by atoms with van der Waals surface area (Å²) in [6.45, 7) is 5.38. The molecule has 0 aromatic heterocycles. The Bertz CT molecular complexity index is 1230. The van der Waals surface area contributed by atoms with Crippen molar-refractivity contribution in [1.29, 1.82) is 10.5 Å². The van der Waals surface area contributed by atoms with Crippen molar-refractivity contribution in [3.8, 4) is 23.6 Å². The quantitative estimate of drug-likeness (QED) is 0.188. The fraction of sp³-hybridized carbons (Fsp3) is 0.208. The lowest BCUT2D eigenvalue weighted by Crippen LogP contribution is -2.22. The minimum absolute atomic E-state index is 0.0523. The molecule has 10 heteroatoms. The van der Waals surface area contributed by atoms with E-state index in [-0.39, 0.29) is 29.4 Å². The molecule has 0 amide bonds. The average molecular weight is 460 g/mol. The lowest BCUT2D eigenvalue weighted by molar-refractivity contribution is -0.384. The van der Waals surface area contributed by atoms with Gasteiger partial charge in [0.1, 0.15) is 30.2 Å². The third kappa shape index (κ3) is 5.31. The third-order valence-corrected chi connectivity index (χ3v) is 5.03. The SMILES string of the molecule is CCN(CC)c1ccc2c(c1)OC(=C(C#N)C#N)C=C2COC(=O)Oc1ccc([N+](=O)[O-])cc1. The number of fused-ring (bicyclic) bond motifs is 1. The number of hydrogen-bond acceptors (Lipinski definition) is 9. The summed E-state index contributed by atoms with van der Waals surface area (Å²) in [5, 5.41) is 29.3. The van der Waals surface area contributed by atoms with Crippen LogP contribution in [0.1, 0.15) is 19.4 Å². The van der Waals surface area contributed by atoms with Crippen LogP contribution in [0.5, 0.6) is 11.5 Å². The molecule has 1 aliphatic rings. The van der Waals surface area contributed by atoms with Gasteiger partial charge in [-0.1, -0.05) is 0 Å².